The minimum atomic E-state index is -0.0777. The van der Waals surface area contributed by atoms with Crippen LogP contribution < -0.4 is 10.1 Å². The molecule has 1 N–H and O–H groups in total. The van der Waals surface area contributed by atoms with E-state index in [9.17, 15) is 0 Å². The molecule has 2 rings (SSSR count). The molecule has 0 aliphatic rings. The molecule has 0 amide bonds. The zero-order chi connectivity index (χ0) is 14.5. The summed E-state index contributed by atoms with van der Waals surface area (Å²) in [6.07, 6.45) is 3.30. The summed E-state index contributed by atoms with van der Waals surface area (Å²) in [6.45, 7) is 2.87. The third-order valence-corrected chi connectivity index (χ3v) is 4.02. The Morgan fingerprint density at radius 1 is 1.25 bits per heavy atom. The second kappa shape index (κ2) is 7.15. The topological polar surface area (TPSA) is 47.0 Å². The number of halogens is 2. The Morgan fingerprint density at radius 2 is 2.00 bits per heavy atom. The second-order valence-electron chi connectivity index (χ2n) is 4.11. The van der Waals surface area contributed by atoms with Crippen LogP contribution in [-0.4, -0.2) is 23.6 Å². The Morgan fingerprint density at radius 3 is 2.65 bits per heavy atom. The summed E-state index contributed by atoms with van der Waals surface area (Å²) in [5.74, 6) is 0.535. The van der Waals surface area contributed by atoms with Gasteiger partial charge in [0.25, 0.3) is 0 Å². The standard InChI is InChI=1S/C14H15Br2N3O/c1-3-17-12(10-5-4-9(15)8-11(10)16)13-14(20-2)19-7-6-18-13/h4-8,12,17H,3H2,1-2H3. The average molecular weight is 401 g/mol. The van der Waals surface area contributed by atoms with Crippen molar-refractivity contribution in [1.29, 1.82) is 0 Å². The molecule has 0 saturated heterocycles. The summed E-state index contributed by atoms with van der Waals surface area (Å²) in [7, 11) is 1.60. The van der Waals surface area contributed by atoms with Crippen LogP contribution in [0.25, 0.3) is 0 Å². The first-order valence-corrected chi connectivity index (χ1v) is 7.79. The van der Waals surface area contributed by atoms with E-state index in [2.05, 4.69) is 60.1 Å². The molecule has 0 aliphatic carbocycles. The van der Waals surface area contributed by atoms with Gasteiger partial charge in [-0.1, -0.05) is 44.8 Å². The van der Waals surface area contributed by atoms with Gasteiger partial charge in [-0.05, 0) is 24.2 Å². The highest BCUT2D eigenvalue weighted by atomic mass is 79.9. The Balaban J connectivity index is 2.50. The van der Waals surface area contributed by atoms with Crippen molar-refractivity contribution in [2.75, 3.05) is 13.7 Å². The number of ether oxygens (including phenoxy) is 1. The highest BCUT2D eigenvalue weighted by molar-refractivity contribution is 9.11. The van der Waals surface area contributed by atoms with Crippen molar-refractivity contribution in [3.63, 3.8) is 0 Å². The lowest BCUT2D eigenvalue weighted by Crippen LogP contribution is -2.24. The highest BCUT2D eigenvalue weighted by Crippen LogP contribution is 2.32. The summed E-state index contributed by atoms with van der Waals surface area (Å²) in [6, 6.07) is 6.00. The Kier molecular flexibility index (Phi) is 5.51. The SMILES string of the molecule is CCNC(c1ccc(Br)cc1Br)c1nccnc1OC. The minimum absolute atomic E-state index is 0.0777. The summed E-state index contributed by atoms with van der Waals surface area (Å²) < 4.78 is 7.35. The van der Waals surface area contributed by atoms with Gasteiger partial charge in [0, 0.05) is 21.3 Å². The summed E-state index contributed by atoms with van der Waals surface area (Å²) >= 11 is 7.07. The molecule has 0 radical (unpaired) electrons. The second-order valence-corrected chi connectivity index (χ2v) is 5.88. The fraction of sp³-hybridized carbons (Fsp3) is 0.286. The van der Waals surface area contributed by atoms with Crippen LogP contribution in [0.1, 0.15) is 24.2 Å². The van der Waals surface area contributed by atoms with Crippen LogP contribution >= 0.6 is 31.9 Å². The minimum Gasteiger partial charge on any atom is -0.480 e. The molecule has 1 unspecified atom stereocenters. The van der Waals surface area contributed by atoms with Gasteiger partial charge in [-0.2, -0.15) is 0 Å². The van der Waals surface area contributed by atoms with Gasteiger partial charge in [0.15, 0.2) is 0 Å². The molecule has 1 aromatic heterocycles. The molecule has 0 aliphatic heterocycles. The predicted octanol–water partition coefficient (Wildman–Crippen LogP) is 3.71. The zero-order valence-electron chi connectivity index (χ0n) is 11.2. The van der Waals surface area contributed by atoms with E-state index in [1.54, 1.807) is 19.5 Å². The van der Waals surface area contributed by atoms with Crippen LogP contribution in [0.3, 0.4) is 0 Å². The highest BCUT2D eigenvalue weighted by Gasteiger charge is 2.21. The maximum Gasteiger partial charge on any atom is 0.237 e. The lowest BCUT2D eigenvalue weighted by molar-refractivity contribution is 0.383. The molecule has 20 heavy (non-hydrogen) atoms. The molecule has 106 valence electrons. The smallest absolute Gasteiger partial charge is 0.237 e. The number of benzene rings is 1. The Hall–Kier alpha value is -0.980. The molecule has 1 atom stereocenters. The number of hydrogen-bond donors (Lipinski definition) is 1. The Bertz CT molecular complexity index is 592. The third-order valence-electron chi connectivity index (χ3n) is 2.84. The number of nitrogens with one attached hydrogen (secondary N) is 1. The summed E-state index contributed by atoms with van der Waals surface area (Å²) in [5.41, 5.74) is 1.87. The van der Waals surface area contributed by atoms with E-state index in [1.807, 2.05) is 12.1 Å². The largest absolute Gasteiger partial charge is 0.480 e. The van der Waals surface area contributed by atoms with Crippen molar-refractivity contribution in [2.24, 2.45) is 0 Å². The first-order chi connectivity index (χ1) is 9.67. The lowest BCUT2D eigenvalue weighted by Gasteiger charge is -2.20. The molecular weight excluding hydrogens is 386 g/mol. The molecule has 0 saturated carbocycles. The normalized spacial score (nSPS) is 12.2. The van der Waals surface area contributed by atoms with Crippen molar-refractivity contribution in [3.05, 3.63) is 50.8 Å². The van der Waals surface area contributed by atoms with E-state index in [0.717, 1.165) is 26.7 Å². The monoisotopic (exact) mass is 399 g/mol. The quantitative estimate of drug-likeness (QED) is 0.830. The molecule has 6 heteroatoms. The number of rotatable bonds is 5. The molecule has 1 aromatic carbocycles. The fourth-order valence-corrected chi connectivity index (χ4v) is 3.26. The fourth-order valence-electron chi connectivity index (χ4n) is 1.98. The van der Waals surface area contributed by atoms with E-state index in [1.165, 1.54) is 0 Å². The number of nitrogens with zero attached hydrogens (tertiary/aromatic N) is 2. The molecular formula is C14H15Br2N3O. The number of methoxy groups -OCH3 is 1. The summed E-state index contributed by atoms with van der Waals surface area (Å²) in [5, 5.41) is 3.42. The number of aromatic nitrogens is 2. The molecule has 0 spiro atoms. The van der Waals surface area contributed by atoms with Crippen LogP contribution in [0.2, 0.25) is 0 Å². The van der Waals surface area contributed by atoms with Gasteiger partial charge in [0.2, 0.25) is 5.88 Å². The Labute approximate surface area is 135 Å². The van der Waals surface area contributed by atoms with Gasteiger partial charge in [0.1, 0.15) is 5.69 Å². The molecule has 1 heterocycles. The molecule has 2 aromatic rings. The van der Waals surface area contributed by atoms with Crippen LogP contribution in [0.15, 0.2) is 39.5 Å². The van der Waals surface area contributed by atoms with E-state index < -0.39 is 0 Å². The third kappa shape index (κ3) is 3.37. The van der Waals surface area contributed by atoms with Crippen LogP contribution in [0.4, 0.5) is 0 Å². The first-order valence-electron chi connectivity index (χ1n) is 6.20. The van der Waals surface area contributed by atoms with Crippen molar-refractivity contribution in [3.8, 4) is 5.88 Å². The summed E-state index contributed by atoms with van der Waals surface area (Å²) in [4.78, 5) is 8.65. The van der Waals surface area contributed by atoms with Crippen LogP contribution in [0.5, 0.6) is 5.88 Å². The van der Waals surface area contributed by atoms with E-state index in [-0.39, 0.29) is 6.04 Å². The van der Waals surface area contributed by atoms with Gasteiger partial charge < -0.3 is 10.1 Å². The van der Waals surface area contributed by atoms with Crippen molar-refractivity contribution < 1.29 is 4.74 Å². The van der Waals surface area contributed by atoms with E-state index >= 15 is 0 Å². The molecule has 4 nitrogen and oxygen atoms in total. The van der Waals surface area contributed by atoms with Crippen molar-refractivity contribution in [2.45, 2.75) is 13.0 Å². The van der Waals surface area contributed by atoms with E-state index in [4.69, 9.17) is 4.74 Å². The van der Waals surface area contributed by atoms with Crippen molar-refractivity contribution in [1.82, 2.24) is 15.3 Å². The average Bonchev–Trinajstić information content (AvgIpc) is 2.45. The van der Waals surface area contributed by atoms with Gasteiger partial charge in [-0.25, -0.2) is 4.98 Å². The lowest BCUT2D eigenvalue weighted by atomic mass is 10.0. The van der Waals surface area contributed by atoms with Crippen molar-refractivity contribution >= 4 is 31.9 Å². The van der Waals surface area contributed by atoms with Gasteiger partial charge >= 0.3 is 0 Å². The van der Waals surface area contributed by atoms with Gasteiger partial charge in [-0.3, -0.25) is 4.98 Å². The molecule has 0 bridgehead atoms. The van der Waals surface area contributed by atoms with Crippen LogP contribution in [0, 0.1) is 0 Å². The number of hydrogen-bond acceptors (Lipinski definition) is 4. The van der Waals surface area contributed by atoms with Gasteiger partial charge in [0.05, 0.1) is 13.2 Å². The first kappa shape index (κ1) is 15.4. The van der Waals surface area contributed by atoms with Crippen LogP contribution in [-0.2, 0) is 0 Å². The van der Waals surface area contributed by atoms with E-state index in [0.29, 0.717) is 5.88 Å². The van der Waals surface area contributed by atoms with Gasteiger partial charge in [-0.15, -0.1) is 0 Å². The predicted molar refractivity (Wildman–Crippen MR) is 85.9 cm³/mol. The molecule has 0 fully saturated rings. The maximum absolute atomic E-state index is 5.32. The maximum atomic E-state index is 5.32. The zero-order valence-corrected chi connectivity index (χ0v) is 14.4.